The largest absolute Gasteiger partial charge is 0.377 e. The van der Waals surface area contributed by atoms with Gasteiger partial charge in [-0.15, -0.1) is 12.3 Å². The summed E-state index contributed by atoms with van der Waals surface area (Å²) >= 11 is 0. The summed E-state index contributed by atoms with van der Waals surface area (Å²) in [6.07, 6.45) is 4.93. The number of hydrogen-bond donors (Lipinski definition) is 0. The summed E-state index contributed by atoms with van der Waals surface area (Å²) in [7, 11) is 0. The van der Waals surface area contributed by atoms with Crippen molar-refractivity contribution in [2.75, 3.05) is 13.2 Å². The van der Waals surface area contributed by atoms with Crippen LogP contribution in [0.2, 0.25) is 0 Å². The molecule has 0 saturated heterocycles. The van der Waals surface area contributed by atoms with Crippen LogP contribution in [-0.4, -0.2) is 13.2 Å². The second-order valence-corrected chi connectivity index (χ2v) is 4.36. The molecule has 1 fully saturated rings. The molecule has 1 heteroatoms. The Labute approximate surface area is 87.2 Å². The Morgan fingerprint density at radius 1 is 1.64 bits per heavy atom. The third-order valence-corrected chi connectivity index (χ3v) is 3.12. The van der Waals surface area contributed by atoms with Crippen molar-refractivity contribution in [3.8, 4) is 0 Å². The number of hydrogen-bond acceptors (Lipinski definition) is 1. The maximum absolute atomic E-state index is 5.48. The molecule has 1 saturated carbocycles. The lowest BCUT2D eigenvalue weighted by molar-refractivity contribution is 0.0402. The monoisotopic (exact) mass is 192 g/mol. The average molecular weight is 192 g/mol. The van der Waals surface area contributed by atoms with Crippen LogP contribution in [0.3, 0.4) is 0 Å². The van der Waals surface area contributed by atoms with Crippen molar-refractivity contribution in [3.63, 3.8) is 0 Å². The lowest BCUT2D eigenvalue weighted by atomic mass is 9.59. The molecule has 0 bridgehead atoms. The molecule has 0 aliphatic heterocycles. The molecule has 1 rings (SSSR count). The normalized spacial score (nSPS) is 23.6. The molecule has 0 aromatic rings. The molecule has 1 unspecified atom stereocenters. The van der Waals surface area contributed by atoms with Crippen molar-refractivity contribution in [1.82, 2.24) is 0 Å². The van der Waals surface area contributed by atoms with Gasteiger partial charge in [0.1, 0.15) is 0 Å². The number of ether oxygens (including phenoxy) is 1. The second kappa shape index (κ2) is 4.63. The van der Waals surface area contributed by atoms with E-state index in [9.17, 15) is 0 Å². The maximum Gasteiger partial charge on any atom is 0.0644 e. The van der Waals surface area contributed by atoms with Crippen LogP contribution in [0.4, 0.5) is 0 Å². The minimum Gasteiger partial charge on any atom is -0.377 e. The van der Waals surface area contributed by atoms with Gasteiger partial charge >= 0.3 is 0 Å². The van der Waals surface area contributed by atoms with Crippen molar-refractivity contribution < 1.29 is 4.74 Å². The van der Waals surface area contributed by atoms with Gasteiger partial charge in [-0.05, 0) is 36.3 Å². The third kappa shape index (κ3) is 2.17. The van der Waals surface area contributed by atoms with Crippen LogP contribution >= 0.6 is 0 Å². The predicted molar refractivity (Wildman–Crippen MR) is 60.2 cm³/mol. The SMILES string of the molecule is C=CCOCC1CC(=C=CC)C1(C)C. The van der Waals surface area contributed by atoms with Crippen LogP contribution in [-0.2, 0) is 4.74 Å². The predicted octanol–water partition coefficient (Wildman–Crippen LogP) is 3.34. The molecule has 0 N–H and O–H groups in total. The lowest BCUT2D eigenvalue weighted by Gasteiger charge is -2.46. The van der Waals surface area contributed by atoms with E-state index in [0.29, 0.717) is 12.5 Å². The van der Waals surface area contributed by atoms with Crippen LogP contribution in [0.25, 0.3) is 0 Å². The molecule has 0 spiro atoms. The molecule has 0 aromatic carbocycles. The smallest absolute Gasteiger partial charge is 0.0644 e. The van der Waals surface area contributed by atoms with Crippen molar-refractivity contribution >= 4 is 0 Å². The fraction of sp³-hybridized carbons (Fsp3) is 0.615. The van der Waals surface area contributed by atoms with E-state index in [2.05, 4.69) is 26.2 Å². The number of rotatable bonds is 4. The third-order valence-electron chi connectivity index (χ3n) is 3.12. The Morgan fingerprint density at radius 3 is 2.86 bits per heavy atom. The molecular weight excluding hydrogens is 172 g/mol. The van der Waals surface area contributed by atoms with E-state index in [1.54, 1.807) is 6.08 Å². The van der Waals surface area contributed by atoms with Crippen LogP contribution in [0, 0.1) is 11.3 Å². The topological polar surface area (TPSA) is 9.23 Å². The van der Waals surface area contributed by atoms with E-state index in [0.717, 1.165) is 13.0 Å². The highest BCUT2D eigenvalue weighted by Crippen LogP contribution is 2.50. The Kier molecular flexibility index (Phi) is 3.74. The van der Waals surface area contributed by atoms with E-state index in [1.807, 2.05) is 13.0 Å². The molecule has 1 nitrogen and oxygen atoms in total. The summed E-state index contributed by atoms with van der Waals surface area (Å²) < 4.78 is 5.48. The summed E-state index contributed by atoms with van der Waals surface area (Å²) in [5, 5.41) is 0. The van der Waals surface area contributed by atoms with Crippen LogP contribution in [0.5, 0.6) is 0 Å². The highest BCUT2D eigenvalue weighted by atomic mass is 16.5. The molecule has 78 valence electrons. The van der Waals surface area contributed by atoms with E-state index in [1.165, 1.54) is 5.57 Å². The summed E-state index contributed by atoms with van der Waals surface area (Å²) in [6.45, 7) is 11.7. The Hall–Kier alpha value is -0.780. The summed E-state index contributed by atoms with van der Waals surface area (Å²) in [4.78, 5) is 0. The van der Waals surface area contributed by atoms with Gasteiger partial charge in [-0.1, -0.05) is 19.9 Å². The number of allylic oxidation sites excluding steroid dienone is 1. The fourth-order valence-corrected chi connectivity index (χ4v) is 1.86. The molecule has 1 aliphatic carbocycles. The molecule has 0 aromatic heterocycles. The zero-order valence-corrected chi connectivity index (χ0v) is 9.47. The van der Waals surface area contributed by atoms with Gasteiger partial charge in [0.2, 0.25) is 0 Å². The van der Waals surface area contributed by atoms with Gasteiger partial charge in [-0.2, -0.15) is 0 Å². The van der Waals surface area contributed by atoms with Crippen LogP contribution < -0.4 is 0 Å². The molecule has 1 aliphatic rings. The zero-order chi connectivity index (χ0) is 10.6. The summed E-state index contributed by atoms with van der Waals surface area (Å²) in [5.41, 5.74) is 5.00. The molecular formula is C13H20O. The van der Waals surface area contributed by atoms with Gasteiger partial charge in [-0.3, -0.25) is 0 Å². The first kappa shape index (κ1) is 11.3. The van der Waals surface area contributed by atoms with E-state index in [4.69, 9.17) is 4.74 Å². The highest BCUT2D eigenvalue weighted by Gasteiger charge is 2.43. The van der Waals surface area contributed by atoms with E-state index >= 15 is 0 Å². The molecule has 14 heavy (non-hydrogen) atoms. The molecule has 0 amide bonds. The van der Waals surface area contributed by atoms with Crippen LogP contribution in [0.15, 0.2) is 30.0 Å². The first-order valence-electron chi connectivity index (χ1n) is 5.22. The molecule has 0 heterocycles. The first-order chi connectivity index (χ1) is 6.62. The first-order valence-corrected chi connectivity index (χ1v) is 5.22. The van der Waals surface area contributed by atoms with Gasteiger partial charge in [0, 0.05) is 0 Å². The van der Waals surface area contributed by atoms with Crippen molar-refractivity contribution in [3.05, 3.63) is 30.0 Å². The summed E-state index contributed by atoms with van der Waals surface area (Å²) in [6, 6.07) is 0. The fourth-order valence-electron chi connectivity index (χ4n) is 1.86. The van der Waals surface area contributed by atoms with Gasteiger partial charge in [0.05, 0.1) is 13.2 Å². The lowest BCUT2D eigenvalue weighted by Crippen LogP contribution is -2.40. The second-order valence-electron chi connectivity index (χ2n) is 4.36. The molecule has 0 radical (unpaired) electrons. The van der Waals surface area contributed by atoms with Gasteiger partial charge < -0.3 is 4.74 Å². The van der Waals surface area contributed by atoms with E-state index < -0.39 is 0 Å². The average Bonchev–Trinajstić information content (AvgIpc) is 2.15. The Bertz CT molecular complexity index is 267. The quantitative estimate of drug-likeness (QED) is 0.377. The molecule has 1 atom stereocenters. The summed E-state index contributed by atoms with van der Waals surface area (Å²) in [5.74, 6) is 0.643. The van der Waals surface area contributed by atoms with Gasteiger partial charge in [0.15, 0.2) is 0 Å². The zero-order valence-electron chi connectivity index (χ0n) is 9.47. The van der Waals surface area contributed by atoms with Crippen molar-refractivity contribution in [1.29, 1.82) is 0 Å². The minimum atomic E-state index is 0.272. The van der Waals surface area contributed by atoms with Crippen molar-refractivity contribution in [2.45, 2.75) is 27.2 Å². The minimum absolute atomic E-state index is 0.272. The van der Waals surface area contributed by atoms with Gasteiger partial charge in [-0.25, -0.2) is 0 Å². The highest BCUT2D eigenvalue weighted by molar-refractivity contribution is 5.23. The van der Waals surface area contributed by atoms with Crippen molar-refractivity contribution in [2.24, 2.45) is 11.3 Å². The van der Waals surface area contributed by atoms with E-state index in [-0.39, 0.29) is 5.41 Å². The Morgan fingerprint density at radius 2 is 2.36 bits per heavy atom. The Balaban J connectivity index is 2.46. The van der Waals surface area contributed by atoms with Gasteiger partial charge in [0.25, 0.3) is 0 Å². The van der Waals surface area contributed by atoms with Crippen LogP contribution in [0.1, 0.15) is 27.2 Å². The standard InChI is InChI=1S/C13H20O/c1-5-7-11-9-12(13(11,3)4)10-14-8-6-2/h5-6,12H,2,8-10H2,1,3-4H3. The maximum atomic E-state index is 5.48.